The van der Waals surface area contributed by atoms with Crippen molar-refractivity contribution in [3.05, 3.63) is 17.8 Å². The molecule has 0 N–H and O–H groups in total. The highest BCUT2D eigenvalue weighted by Crippen LogP contribution is 2.16. The maximum absolute atomic E-state index is 13.2. The van der Waals surface area contributed by atoms with Gasteiger partial charge in [-0.3, -0.25) is 0 Å². The van der Waals surface area contributed by atoms with Gasteiger partial charge in [0.1, 0.15) is 0 Å². The molecule has 0 bridgehead atoms. The lowest BCUT2D eigenvalue weighted by molar-refractivity contribution is 0.296. The second-order valence-corrected chi connectivity index (χ2v) is 3.69. The van der Waals surface area contributed by atoms with Gasteiger partial charge in [0.05, 0.1) is 6.61 Å². The third-order valence-corrected chi connectivity index (χ3v) is 2.07. The van der Waals surface area contributed by atoms with Gasteiger partial charge in [0.15, 0.2) is 11.5 Å². The van der Waals surface area contributed by atoms with Crippen LogP contribution in [0.3, 0.4) is 0 Å². The first-order valence-corrected chi connectivity index (χ1v) is 5.17. The van der Waals surface area contributed by atoms with Gasteiger partial charge in [0.25, 0.3) is 0 Å². The first kappa shape index (κ1) is 10.8. The van der Waals surface area contributed by atoms with E-state index in [2.05, 4.69) is 15.1 Å². The molecule has 6 heteroatoms. The predicted octanol–water partition coefficient (Wildman–Crippen LogP) is 1.79. The monoisotopic (exact) mass is 224 g/mol. The number of nitrogens with zero attached hydrogens (tertiary/aromatic N) is 4. The van der Waals surface area contributed by atoms with E-state index in [1.54, 1.807) is 6.92 Å². The minimum atomic E-state index is -0.612. The fourth-order valence-corrected chi connectivity index (χ4v) is 1.32. The lowest BCUT2D eigenvalue weighted by Gasteiger charge is -2.02. The average molecular weight is 224 g/mol. The minimum absolute atomic E-state index is 0.136. The summed E-state index contributed by atoms with van der Waals surface area (Å²) in [5.74, 6) is 0.212. The summed E-state index contributed by atoms with van der Waals surface area (Å²) in [5, 5.41) is 4.22. The summed E-state index contributed by atoms with van der Waals surface area (Å²) >= 11 is 0. The molecule has 2 aromatic heterocycles. The average Bonchev–Trinajstić information content (AvgIpc) is 2.61. The highest BCUT2D eigenvalue weighted by Gasteiger charge is 2.13. The van der Waals surface area contributed by atoms with E-state index in [-0.39, 0.29) is 11.9 Å². The normalized spacial score (nSPS) is 11.3. The lowest BCUT2D eigenvalue weighted by Crippen LogP contribution is -2.04. The van der Waals surface area contributed by atoms with E-state index in [4.69, 9.17) is 4.74 Å². The summed E-state index contributed by atoms with van der Waals surface area (Å²) in [7, 11) is 0. The standard InChI is InChI=1S/C10H13FN4O/c1-4-16-10-12-7(11)5-8-13-9(6(2)3)14-15(8)10/h5-6H,4H2,1-3H3. The van der Waals surface area contributed by atoms with Crippen molar-refractivity contribution in [2.24, 2.45) is 0 Å². The molecule has 0 aliphatic carbocycles. The summed E-state index contributed by atoms with van der Waals surface area (Å²) in [6.45, 7) is 6.15. The van der Waals surface area contributed by atoms with Gasteiger partial charge < -0.3 is 4.74 Å². The van der Waals surface area contributed by atoms with Gasteiger partial charge in [-0.15, -0.1) is 5.10 Å². The summed E-state index contributed by atoms with van der Waals surface area (Å²) < 4.78 is 19.8. The van der Waals surface area contributed by atoms with Crippen LogP contribution >= 0.6 is 0 Å². The molecule has 0 spiro atoms. The van der Waals surface area contributed by atoms with Crippen LogP contribution < -0.4 is 4.74 Å². The number of rotatable bonds is 3. The molecule has 0 aliphatic heterocycles. The predicted molar refractivity (Wildman–Crippen MR) is 56.0 cm³/mol. The fraction of sp³-hybridized carbons (Fsp3) is 0.500. The van der Waals surface area contributed by atoms with Gasteiger partial charge >= 0.3 is 6.01 Å². The smallest absolute Gasteiger partial charge is 0.322 e. The van der Waals surface area contributed by atoms with E-state index in [1.807, 2.05) is 13.8 Å². The summed E-state index contributed by atoms with van der Waals surface area (Å²) in [6.07, 6.45) is 0. The second kappa shape index (κ2) is 4.03. The molecule has 2 heterocycles. The molecule has 0 saturated heterocycles. The molecule has 0 saturated carbocycles. The van der Waals surface area contributed by atoms with E-state index >= 15 is 0 Å². The van der Waals surface area contributed by atoms with Crippen molar-refractivity contribution in [2.45, 2.75) is 26.7 Å². The molecule has 0 fully saturated rings. The van der Waals surface area contributed by atoms with Crippen LogP contribution in [-0.4, -0.2) is 26.2 Å². The molecule has 0 radical (unpaired) electrons. The molecule has 0 unspecified atom stereocenters. The summed E-state index contributed by atoms with van der Waals surface area (Å²) in [6, 6.07) is 1.37. The Balaban J connectivity index is 2.60. The molecule has 16 heavy (non-hydrogen) atoms. The van der Waals surface area contributed by atoms with Crippen LogP contribution in [0.5, 0.6) is 6.01 Å². The molecule has 0 aromatic carbocycles. The fourth-order valence-electron chi connectivity index (χ4n) is 1.32. The quantitative estimate of drug-likeness (QED) is 0.746. The number of fused-ring (bicyclic) bond motifs is 1. The van der Waals surface area contributed by atoms with E-state index in [9.17, 15) is 4.39 Å². The van der Waals surface area contributed by atoms with Crippen molar-refractivity contribution < 1.29 is 9.13 Å². The van der Waals surface area contributed by atoms with Crippen molar-refractivity contribution in [3.8, 4) is 6.01 Å². The van der Waals surface area contributed by atoms with Crippen LogP contribution in [0.15, 0.2) is 6.07 Å². The zero-order chi connectivity index (χ0) is 11.7. The van der Waals surface area contributed by atoms with Crippen molar-refractivity contribution in [2.75, 3.05) is 6.61 Å². The third kappa shape index (κ3) is 1.82. The van der Waals surface area contributed by atoms with Gasteiger partial charge in [-0.2, -0.15) is 13.9 Å². The van der Waals surface area contributed by atoms with Crippen molar-refractivity contribution in [3.63, 3.8) is 0 Å². The van der Waals surface area contributed by atoms with E-state index in [1.165, 1.54) is 10.6 Å². The number of halogens is 1. The first-order valence-electron chi connectivity index (χ1n) is 5.17. The Morgan fingerprint density at radius 3 is 2.81 bits per heavy atom. The molecule has 0 aliphatic rings. The second-order valence-electron chi connectivity index (χ2n) is 3.69. The third-order valence-electron chi connectivity index (χ3n) is 2.07. The van der Waals surface area contributed by atoms with Gasteiger partial charge in [0.2, 0.25) is 5.95 Å². The Morgan fingerprint density at radius 2 is 2.19 bits per heavy atom. The van der Waals surface area contributed by atoms with Gasteiger partial charge in [-0.25, -0.2) is 4.98 Å². The van der Waals surface area contributed by atoms with E-state index < -0.39 is 5.95 Å². The first-order chi connectivity index (χ1) is 7.61. The summed E-state index contributed by atoms with van der Waals surface area (Å²) in [4.78, 5) is 7.84. The maximum atomic E-state index is 13.2. The van der Waals surface area contributed by atoms with Crippen LogP contribution in [-0.2, 0) is 0 Å². The van der Waals surface area contributed by atoms with Gasteiger partial charge in [-0.05, 0) is 6.92 Å². The Morgan fingerprint density at radius 1 is 1.44 bits per heavy atom. The van der Waals surface area contributed by atoms with Crippen molar-refractivity contribution >= 4 is 5.65 Å². The Hall–Kier alpha value is -1.72. The highest BCUT2D eigenvalue weighted by molar-refractivity contribution is 5.38. The minimum Gasteiger partial charge on any atom is -0.464 e. The van der Waals surface area contributed by atoms with Crippen LogP contribution in [0.25, 0.3) is 5.65 Å². The number of aromatic nitrogens is 4. The van der Waals surface area contributed by atoms with Crippen LogP contribution in [0.2, 0.25) is 0 Å². The number of ether oxygens (including phenoxy) is 1. The Labute approximate surface area is 92.3 Å². The SMILES string of the molecule is CCOc1nc(F)cc2nc(C(C)C)nn12. The highest BCUT2D eigenvalue weighted by atomic mass is 19.1. The van der Waals surface area contributed by atoms with E-state index in [0.29, 0.717) is 18.1 Å². The van der Waals surface area contributed by atoms with Crippen LogP contribution in [0.4, 0.5) is 4.39 Å². The topological polar surface area (TPSA) is 52.3 Å². The molecule has 2 aromatic rings. The lowest BCUT2D eigenvalue weighted by atomic mass is 10.2. The van der Waals surface area contributed by atoms with Gasteiger partial charge in [0, 0.05) is 12.0 Å². The molecule has 2 rings (SSSR count). The van der Waals surface area contributed by atoms with Crippen molar-refractivity contribution in [1.29, 1.82) is 0 Å². The summed E-state index contributed by atoms with van der Waals surface area (Å²) in [5.41, 5.74) is 0.416. The maximum Gasteiger partial charge on any atom is 0.322 e. The largest absolute Gasteiger partial charge is 0.464 e. The Bertz CT molecular complexity index is 509. The molecule has 86 valence electrons. The van der Waals surface area contributed by atoms with Crippen LogP contribution in [0.1, 0.15) is 32.5 Å². The number of hydrogen-bond acceptors (Lipinski definition) is 4. The zero-order valence-electron chi connectivity index (χ0n) is 9.44. The Kier molecular flexibility index (Phi) is 2.72. The number of hydrogen-bond donors (Lipinski definition) is 0. The van der Waals surface area contributed by atoms with Crippen molar-refractivity contribution in [1.82, 2.24) is 19.6 Å². The van der Waals surface area contributed by atoms with Crippen LogP contribution in [0, 0.1) is 5.95 Å². The molecule has 0 atom stereocenters. The molecular formula is C10H13FN4O. The molecule has 5 nitrogen and oxygen atoms in total. The molecular weight excluding hydrogens is 211 g/mol. The van der Waals surface area contributed by atoms with E-state index in [0.717, 1.165) is 0 Å². The zero-order valence-corrected chi connectivity index (χ0v) is 9.44. The molecule has 0 amide bonds. The van der Waals surface area contributed by atoms with Gasteiger partial charge in [-0.1, -0.05) is 13.8 Å².